The summed E-state index contributed by atoms with van der Waals surface area (Å²) in [5, 5.41) is 2.31. The van der Waals surface area contributed by atoms with E-state index in [1.54, 1.807) is 0 Å². The highest BCUT2D eigenvalue weighted by atomic mass is 32.1. The molecule has 3 atom stereocenters. The van der Waals surface area contributed by atoms with Gasteiger partial charge in [-0.2, -0.15) is 0 Å². The Balaban J connectivity index is 2.15. The molecule has 1 nitrogen and oxygen atoms in total. The van der Waals surface area contributed by atoms with Crippen molar-refractivity contribution in [1.82, 2.24) is 0 Å². The lowest BCUT2D eigenvalue weighted by Gasteiger charge is -2.32. The Labute approximate surface area is 90.3 Å². The highest BCUT2D eigenvalue weighted by molar-refractivity contribution is 7.10. The third-order valence-corrected chi connectivity index (χ3v) is 4.30. The normalized spacial score (nSPS) is 33.2. The summed E-state index contributed by atoms with van der Waals surface area (Å²) in [7, 11) is 0. The average molecular weight is 209 g/mol. The van der Waals surface area contributed by atoms with Crippen LogP contribution < -0.4 is 5.73 Å². The molecule has 0 amide bonds. The predicted molar refractivity (Wildman–Crippen MR) is 62.8 cm³/mol. The lowest BCUT2D eigenvalue weighted by molar-refractivity contribution is 0.300. The number of nitrogens with two attached hydrogens (primary N) is 1. The van der Waals surface area contributed by atoms with Crippen LogP contribution in [-0.2, 0) is 0 Å². The van der Waals surface area contributed by atoms with Gasteiger partial charge in [-0.3, -0.25) is 0 Å². The standard InChI is InChI=1S/C12H19NS/c1-8-3-4-11(13)6-12(8)10-5-9(2)14-7-10/h5,7-8,11-12H,3-4,6,13H2,1-2H3. The van der Waals surface area contributed by atoms with E-state index in [0.717, 1.165) is 5.92 Å². The zero-order valence-electron chi connectivity index (χ0n) is 8.99. The highest BCUT2D eigenvalue weighted by Crippen LogP contribution is 2.38. The Morgan fingerprint density at radius 3 is 2.86 bits per heavy atom. The number of aryl methyl sites for hydroxylation is 1. The first-order valence-electron chi connectivity index (χ1n) is 5.47. The summed E-state index contributed by atoms with van der Waals surface area (Å²) < 4.78 is 0. The van der Waals surface area contributed by atoms with Gasteiger partial charge in [0.25, 0.3) is 0 Å². The van der Waals surface area contributed by atoms with Crippen LogP contribution in [0.4, 0.5) is 0 Å². The van der Waals surface area contributed by atoms with Crippen LogP contribution in [0, 0.1) is 12.8 Å². The van der Waals surface area contributed by atoms with E-state index in [4.69, 9.17) is 5.73 Å². The molecule has 0 bridgehead atoms. The molecular weight excluding hydrogens is 190 g/mol. The second kappa shape index (κ2) is 4.03. The Morgan fingerprint density at radius 2 is 2.21 bits per heavy atom. The van der Waals surface area contributed by atoms with Crippen molar-refractivity contribution < 1.29 is 0 Å². The highest BCUT2D eigenvalue weighted by Gasteiger charge is 2.27. The van der Waals surface area contributed by atoms with Gasteiger partial charge in [-0.25, -0.2) is 0 Å². The van der Waals surface area contributed by atoms with E-state index < -0.39 is 0 Å². The van der Waals surface area contributed by atoms with Gasteiger partial charge in [0, 0.05) is 10.9 Å². The van der Waals surface area contributed by atoms with Gasteiger partial charge >= 0.3 is 0 Å². The molecule has 78 valence electrons. The molecule has 0 radical (unpaired) electrons. The van der Waals surface area contributed by atoms with Crippen molar-refractivity contribution in [3.63, 3.8) is 0 Å². The van der Waals surface area contributed by atoms with E-state index >= 15 is 0 Å². The molecule has 2 N–H and O–H groups in total. The second-order valence-corrected chi connectivity index (χ2v) is 5.76. The van der Waals surface area contributed by atoms with Crippen molar-refractivity contribution in [2.75, 3.05) is 0 Å². The molecule has 3 unspecified atom stereocenters. The first-order valence-corrected chi connectivity index (χ1v) is 6.35. The number of hydrogen-bond acceptors (Lipinski definition) is 2. The molecule has 0 saturated heterocycles. The molecule has 1 fully saturated rings. The monoisotopic (exact) mass is 209 g/mol. The quantitative estimate of drug-likeness (QED) is 0.754. The minimum atomic E-state index is 0.427. The van der Waals surface area contributed by atoms with E-state index in [-0.39, 0.29) is 0 Å². The molecule has 1 aliphatic rings. The predicted octanol–water partition coefficient (Wildman–Crippen LogP) is 3.29. The Kier molecular flexibility index (Phi) is 2.93. The van der Waals surface area contributed by atoms with Gasteiger partial charge in [0.1, 0.15) is 0 Å². The molecule has 0 spiro atoms. The van der Waals surface area contributed by atoms with Crippen LogP contribution in [0.15, 0.2) is 11.4 Å². The van der Waals surface area contributed by atoms with Gasteiger partial charge in [0.15, 0.2) is 0 Å². The maximum absolute atomic E-state index is 6.03. The van der Waals surface area contributed by atoms with Crippen molar-refractivity contribution in [2.24, 2.45) is 11.7 Å². The number of hydrogen-bond donors (Lipinski definition) is 1. The molecule has 1 aliphatic carbocycles. The summed E-state index contributed by atoms with van der Waals surface area (Å²) in [5.74, 6) is 1.52. The van der Waals surface area contributed by atoms with Crippen molar-refractivity contribution in [3.05, 3.63) is 21.9 Å². The van der Waals surface area contributed by atoms with Crippen LogP contribution >= 0.6 is 11.3 Å². The van der Waals surface area contributed by atoms with Crippen LogP contribution in [0.2, 0.25) is 0 Å². The zero-order chi connectivity index (χ0) is 10.1. The van der Waals surface area contributed by atoms with Gasteiger partial charge in [0.2, 0.25) is 0 Å². The maximum atomic E-state index is 6.03. The minimum absolute atomic E-state index is 0.427. The van der Waals surface area contributed by atoms with Gasteiger partial charge < -0.3 is 5.73 Å². The third-order valence-electron chi connectivity index (χ3n) is 3.42. The second-order valence-electron chi connectivity index (χ2n) is 4.65. The van der Waals surface area contributed by atoms with Gasteiger partial charge in [-0.05, 0) is 55.0 Å². The van der Waals surface area contributed by atoms with Crippen LogP contribution in [0.5, 0.6) is 0 Å². The van der Waals surface area contributed by atoms with E-state index in [9.17, 15) is 0 Å². The van der Waals surface area contributed by atoms with E-state index in [0.29, 0.717) is 12.0 Å². The molecule has 1 aromatic rings. The topological polar surface area (TPSA) is 26.0 Å². The fourth-order valence-corrected chi connectivity index (χ4v) is 3.25. The lowest BCUT2D eigenvalue weighted by Crippen LogP contribution is -2.30. The number of rotatable bonds is 1. The van der Waals surface area contributed by atoms with Crippen LogP contribution in [0.1, 0.15) is 42.5 Å². The summed E-state index contributed by atoms with van der Waals surface area (Å²) in [5.41, 5.74) is 7.56. The molecule has 2 rings (SSSR count). The molecule has 14 heavy (non-hydrogen) atoms. The minimum Gasteiger partial charge on any atom is -0.328 e. The Bertz CT molecular complexity index is 305. The summed E-state index contributed by atoms with van der Waals surface area (Å²) >= 11 is 1.86. The molecule has 1 aromatic heterocycles. The fourth-order valence-electron chi connectivity index (χ4n) is 2.48. The molecule has 2 heteroatoms. The van der Waals surface area contributed by atoms with Crippen molar-refractivity contribution >= 4 is 11.3 Å². The van der Waals surface area contributed by atoms with E-state index in [1.807, 2.05) is 11.3 Å². The number of thiophene rings is 1. The summed E-state index contributed by atoms with van der Waals surface area (Å²) in [6, 6.07) is 2.76. The SMILES string of the molecule is Cc1cc(C2CC(N)CCC2C)cs1. The Hall–Kier alpha value is -0.340. The van der Waals surface area contributed by atoms with Crippen LogP contribution in [-0.4, -0.2) is 6.04 Å². The first kappa shape index (κ1) is 10.2. The van der Waals surface area contributed by atoms with Gasteiger partial charge in [-0.1, -0.05) is 6.92 Å². The third kappa shape index (κ3) is 2.01. The van der Waals surface area contributed by atoms with Gasteiger partial charge in [0.05, 0.1) is 0 Å². The van der Waals surface area contributed by atoms with Crippen molar-refractivity contribution in [3.8, 4) is 0 Å². The van der Waals surface area contributed by atoms with Crippen molar-refractivity contribution in [2.45, 2.75) is 45.1 Å². The first-order chi connectivity index (χ1) is 6.66. The van der Waals surface area contributed by atoms with Gasteiger partial charge in [-0.15, -0.1) is 11.3 Å². The molecule has 1 saturated carbocycles. The smallest absolute Gasteiger partial charge is 0.00448 e. The molecule has 0 aliphatic heterocycles. The zero-order valence-corrected chi connectivity index (χ0v) is 9.81. The Morgan fingerprint density at radius 1 is 1.43 bits per heavy atom. The van der Waals surface area contributed by atoms with Crippen LogP contribution in [0.3, 0.4) is 0 Å². The summed E-state index contributed by atoms with van der Waals surface area (Å²) in [6.45, 7) is 4.55. The largest absolute Gasteiger partial charge is 0.328 e. The average Bonchev–Trinajstić information content (AvgIpc) is 2.56. The molecular formula is C12H19NS. The maximum Gasteiger partial charge on any atom is 0.00448 e. The molecule has 0 aromatic carbocycles. The molecule has 1 heterocycles. The fraction of sp³-hybridized carbons (Fsp3) is 0.667. The van der Waals surface area contributed by atoms with E-state index in [2.05, 4.69) is 25.3 Å². The van der Waals surface area contributed by atoms with Crippen molar-refractivity contribution in [1.29, 1.82) is 0 Å². The lowest BCUT2D eigenvalue weighted by atomic mass is 9.75. The van der Waals surface area contributed by atoms with Crippen LogP contribution in [0.25, 0.3) is 0 Å². The summed E-state index contributed by atoms with van der Waals surface area (Å²) in [6.07, 6.45) is 3.68. The summed E-state index contributed by atoms with van der Waals surface area (Å²) in [4.78, 5) is 1.42. The van der Waals surface area contributed by atoms with E-state index in [1.165, 1.54) is 29.7 Å².